The second-order valence-electron chi connectivity index (χ2n) is 5.39. The number of benzene rings is 2. The molecule has 2 rings (SSSR count). The molecule has 0 saturated carbocycles. The Morgan fingerprint density at radius 2 is 1.69 bits per heavy atom. The zero-order chi connectivity index (χ0) is 19.1. The summed E-state index contributed by atoms with van der Waals surface area (Å²) in [7, 11) is 0. The van der Waals surface area contributed by atoms with Gasteiger partial charge in [-0.05, 0) is 43.7 Å². The summed E-state index contributed by atoms with van der Waals surface area (Å²) in [6, 6.07) is 10.2. The van der Waals surface area contributed by atoms with Gasteiger partial charge in [0.25, 0.3) is 5.91 Å². The Morgan fingerprint density at radius 1 is 1.08 bits per heavy atom. The van der Waals surface area contributed by atoms with Crippen LogP contribution >= 0.6 is 15.9 Å². The summed E-state index contributed by atoms with van der Waals surface area (Å²) in [6.45, 7) is 4.77. The number of anilines is 1. The van der Waals surface area contributed by atoms with Gasteiger partial charge in [0, 0.05) is 4.47 Å². The fourth-order valence-corrected chi connectivity index (χ4v) is 2.89. The maximum atomic E-state index is 12.4. The molecule has 3 N–H and O–H groups in total. The molecule has 0 fully saturated rings. The minimum absolute atomic E-state index is 0.0974. The van der Waals surface area contributed by atoms with Crippen LogP contribution in [-0.2, 0) is 11.2 Å². The number of primary amides is 1. The molecule has 0 bridgehead atoms. The van der Waals surface area contributed by atoms with Crippen molar-refractivity contribution < 1.29 is 19.1 Å². The van der Waals surface area contributed by atoms with Gasteiger partial charge in [0.1, 0.15) is 0 Å². The maximum absolute atomic E-state index is 12.4. The molecule has 7 heteroatoms. The first-order chi connectivity index (χ1) is 12.5. The highest BCUT2D eigenvalue weighted by Gasteiger charge is 2.15. The normalized spacial score (nSPS) is 10.3. The molecule has 2 aromatic carbocycles. The van der Waals surface area contributed by atoms with Gasteiger partial charge in [0.15, 0.2) is 11.5 Å². The molecule has 2 amide bonds. The molecule has 0 aliphatic carbocycles. The largest absolute Gasteiger partial charge is 0.490 e. The quantitative estimate of drug-likeness (QED) is 0.683. The Kier molecular flexibility index (Phi) is 7.03. The molecule has 0 aliphatic rings. The second-order valence-corrected chi connectivity index (χ2v) is 6.25. The molecule has 26 heavy (non-hydrogen) atoms. The van der Waals surface area contributed by atoms with Crippen LogP contribution in [0.2, 0.25) is 0 Å². The molecule has 0 spiro atoms. The molecule has 0 saturated heterocycles. The van der Waals surface area contributed by atoms with Crippen LogP contribution in [0, 0.1) is 0 Å². The SMILES string of the molecule is CCOc1cc(Br)c(CC(=O)Nc2ccccc2C(N)=O)cc1OCC. The summed E-state index contributed by atoms with van der Waals surface area (Å²) in [5, 5.41) is 2.73. The third kappa shape index (κ3) is 4.98. The first-order valence-corrected chi connectivity index (χ1v) is 9.02. The number of halogens is 1. The number of carbonyl (C=O) groups excluding carboxylic acids is 2. The predicted octanol–water partition coefficient (Wildman–Crippen LogP) is 3.53. The first kappa shape index (κ1) is 19.8. The molecule has 6 nitrogen and oxygen atoms in total. The Bertz CT molecular complexity index is 808. The van der Waals surface area contributed by atoms with E-state index in [1.165, 1.54) is 0 Å². The Morgan fingerprint density at radius 3 is 2.31 bits per heavy atom. The highest BCUT2D eigenvalue weighted by molar-refractivity contribution is 9.10. The van der Waals surface area contributed by atoms with Gasteiger partial charge >= 0.3 is 0 Å². The minimum atomic E-state index is -0.596. The van der Waals surface area contributed by atoms with Crippen LogP contribution < -0.4 is 20.5 Å². The van der Waals surface area contributed by atoms with E-state index in [4.69, 9.17) is 15.2 Å². The standard InChI is InChI=1S/C19H21BrN2O4/c1-3-25-16-9-12(14(20)11-17(16)26-4-2)10-18(23)22-15-8-6-5-7-13(15)19(21)24/h5-9,11H,3-4,10H2,1-2H3,(H2,21,24)(H,22,23). The summed E-state index contributed by atoms with van der Waals surface area (Å²) in [5.41, 5.74) is 6.73. The topological polar surface area (TPSA) is 90.6 Å². The van der Waals surface area contributed by atoms with Crippen molar-refractivity contribution in [3.05, 3.63) is 52.0 Å². The van der Waals surface area contributed by atoms with E-state index < -0.39 is 5.91 Å². The molecule has 0 radical (unpaired) electrons. The number of para-hydroxylation sites is 1. The van der Waals surface area contributed by atoms with Crippen molar-refractivity contribution in [3.63, 3.8) is 0 Å². The number of nitrogens with one attached hydrogen (secondary N) is 1. The van der Waals surface area contributed by atoms with Gasteiger partial charge < -0.3 is 20.5 Å². The highest BCUT2D eigenvalue weighted by Crippen LogP contribution is 2.34. The van der Waals surface area contributed by atoms with Gasteiger partial charge in [-0.25, -0.2) is 0 Å². The lowest BCUT2D eigenvalue weighted by molar-refractivity contribution is -0.115. The molecule has 0 aliphatic heterocycles. The monoisotopic (exact) mass is 420 g/mol. The average Bonchev–Trinajstić information content (AvgIpc) is 2.59. The Hall–Kier alpha value is -2.54. The average molecular weight is 421 g/mol. The number of hydrogen-bond acceptors (Lipinski definition) is 4. The second kappa shape index (κ2) is 9.24. The molecule has 0 unspecified atom stereocenters. The number of amides is 2. The van der Waals surface area contributed by atoms with Gasteiger partial charge in [-0.1, -0.05) is 28.1 Å². The van der Waals surface area contributed by atoms with Gasteiger partial charge in [-0.2, -0.15) is 0 Å². The number of rotatable bonds is 8. The van der Waals surface area contributed by atoms with Crippen LogP contribution in [0.4, 0.5) is 5.69 Å². The number of hydrogen-bond donors (Lipinski definition) is 2. The van der Waals surface area contributed by atoms with Gasteiger partial charge in [0.05, 0.1) is 30.9 Å². The zero-order valence-corrected chi connectivity index (χ0v) is 16.3. The summed E-state index contributed by atoms with van der Waals surface area (Å²) in [4.78, 5) is 23.9. The Balaban J connectivity index is 2.21. The lowest BCUT2D eigenvalue weighted by Crippen LogP contribution is -2.19. The summed E-state index contributed by atoms with van der Waals surface area (Å²) >= 11 is 3.46. The van der Waals surface area contributed by atoms with Gasteiger partial charge in [-0.15, -0.1) is 0 Å². The first-order valence-electron chi connectivity index (χ1n) is 8.22. The fraction of sp³-hybridized carbons (Fsp3) is 0.263. The van der Waals surface area contributed by atoms with Crippen LogP contribution in [0.1, 0.15) is 29.8 Å². The third-order valence-electron chi connectivity index (χ3n) is 3.53. The van der Waals surface area contributed by atoms with Crippen molar-refractivity contribution in [1.29, 1.82) is 0 Å². The van der Waals surface area contributed by atoms with Gasteiger partial charge in [-0.3, -0.25) is 9.59 Å². The van der Waals surface area contributed by atoms with E-state index >= 15 is 0 Å². The van der Waals surface area contributed by atoms with E-state index in [0.29, 0.717) is 30.4 Å². The number of nitrogens with two attached hydrogens (primary N) is 1. The van der Waals surface area contributed by atoms with Crippen LogP contribution in [0.3, 0.4) is 0 Å². The summed E-state index contributed by atoms with van der Waals surface area (Å²) in [6.07, 6.45) is 0.0974. The lowest BCUT2D eigenvalue weighted by Gasteiger charge is -2.14. The van der Waals surface area contributed by atoms with E-state index in [9.17, 15) is 9.59 Å². The van der Waals surface area contributed by atoms with E-state index in [2.05, 4.69) is 21.2 Å². The van der Waals surface area contributed by atoms with Crippen molar-refractivity contribution in [2.24, 2.45) is 5.73 Å². The van der Waals surface area contributed by atoms with Crippen LogP contribution in [0.15, 0.2) is 40.9 Å². The highest BCUT2D eigenvalue weighted by atomic mass is 79.9. The summed E-state index contributed by atoms with van der Waals surface area (Å²) in [5.74, 6) is 0.329. The van der Waals surface area contributed by atoms with Crippen molar-refractivity contribution in [2.45, 2.75) is 20.3 Å². The number of ether oxygens (including phenoxy) is 2. The van der Waals surface area contributed by atoms with E-state index in [0.717, 1.165) is 10.0 Å². The van der Waals surface area contributed by atoms with Crippen LogP contribution in [-0.4, -0.2) is 25.0 Å². The Labute approximate surface area is 160 Å². The third-order valence-corrected chi connectivity index (χ3v) is 4.27. The van der Waals surface area contributed by atoms with Gasteiger partial charge in [0.2, 0.25) is 5.91 Å². The van der Waals surface area contributed by atoms with E-state index in [1.54, 1.807) is 36.4 Å². The lowest BCUT2D eigenvalue weighted by atomic mass is 10.1. The minimum Gasteiger partial charge on any atom is -0.490 e. The van der Waals surface area contributed by atoms with E-state index in [-0.39, 0.29) is 17.9 Å². The summed E-state index contributed by atoms with van der Waals surface area (Å²) < 4.78 is 11.9. The molecule has 138 valence electrons. The van der Waals surface area contributed by atoms with E-state index in [1.807, 2.05) is 13.8 Å². The molecular formula is C19H21BrN2O4. The van der Waals surface area contributed by atoms with Crippen molar-refractivity contribution in [3.8, 4) is 11.5 Å². The van der Waals surface area contributed by atoms with Crippen molar-refractivity contribution >= 4 is 33.4 Å². The molecule has 0 aromatic heterocycles. The fourth-order valence-electron chi connectivity index (χ4n) is 2.42. The van der Waals surface area contributed by atoms with Crippen molar-refractivity contribution in [2.75, 3.05) is 18.5 Å². The molecule has 0 heterocycles. The zero-order valence-electron chi connectivity index (χ0n) is 14.7. The van der Waals surface area contributed by atoms with Crippen LogP contribution in [0.5, 0.6) is 11.5 Å². The molecule has 0 atom stereocenters. The van der Waals surface area contributed by atoms with Crippen LogP contribution in [0.25, 0.3) is 0 Å². The molecular weight excluding hydrogens is 400 g/mol. The maximum Gasteiger partial charge on any atom is 0.250 e. The molecule has 2 aromatic rings. The number of carbonyl (C=O) groups is 2. The smallest absolute Gasteiger partial charge is 0.250 e. The van der Waals surface area contributed by atoms with Crippen molar-refractivity contribution in [1.82, 2.24) is 0 Å². The predicted molar refractivity (Wildman–Crippen MR) is 104 cm³/mol.